The Morgan fingerprint density at radius 3 is 2.49 bits per heavy atom. The van der Waals surface area contributed by atoms with Crippen molar-refractivity contribution in [3.8, 4) is 5.69 Å². The van der Waals surface area contributed by atoms with Gasteiger partial charge in [0.1, 0.15) is 0 Å². The van der Waals surface area contributed by atoms with E-state index in [0.29, 0.717) is 5.92 Å². The number of benzene rings is 5. The van der Waals surface area contributed by atoms with Gasteiger partial charge in [0.25, 0.3) is 0 Å². The zero-order chi connectivity index (χ0) is 36.5. The van der Waals surface area contributed by atoms with Gasteiger partial charge in [-0.2, -0.15) is 0 Å². The van der Waals surface area contributed by atoms with Gasteiger partial charge in [0.05, 0.1) is 39.8 Å². The van der Waals surface area contributed by atoms with Crippen LogP contribution in [0.2, 0.25) is 0 Å². The lowest BCUT2D eigenvalue weighted by Gasteiger charge is -2.28. The standard InChI is InChI=1S/C51H38N4/c1-30-26-35(27-31(2)32(30)3)53(34-16-8-5-9-17-34)44-24-13-25-45-49(44)39-21-11-19-37-41-28-46-40(29-47(41)55(45)51(37)39)36-18-10-20-38-48-42(52-33-14-6-4-7-15-33)22-12-23-43(48)54(46)50(36)38/h4,6-8,10-19,21-28,38,47,52H,20,29H2,1-3H3. The van der Waals surface area contributed by atoms with Crippen LogP contribution in [-0.2, 0) is 6.42 Å². The lowest BCUT2D eigenvalue weighted by molar-refractivity contribution is 0.668. The second-order valence-electron chi connectivity index (χ2n) is 15.7. The summed E-state index contributed by atoms with van der Waals surface area (Å²) >= 11 is 0. The number of aryl methyl sites for hydroxylation is 2. The quantitative estimate of drug-likeness (QED) is 0.193. The maximum absolute atomic E-state index is 3.77. The van der Waals surface area contributed by atoms with Gasteiger partial charge in [-0.25, -0.2) is 0 Å². The first kappa shape index (κ1) is 30.7. The molecule has 0 fully saturated rings. The van der Waals surface area contributed by atoms with Crippen molar-refractivity contribution in [3.05, 3.63) is 184 Å². The van der Waals surface area contributed by atoms with Gasteiger partial charge in [0.2, 0.25) is 0 Å². The summed E-state index contributed by atoms with van der Waals surface area (Å²) < 4.78 is 5.28. The predicted molar refractivity (Wildman–Crippen MR) is 228 cm³/mol. The Balaban J connectivity index is 1.05. The number of aromatic nitrogens is 2. The molecule has 4 heteroatoms. The van der Waals surface area contributed by atoms with Crippen LogP contribution in [0.3, 0.4) is 0 Å². The minimum Gasteiger partial charge on any atom is -0.355 e. The predicted octanol–water partition coefficient (Wildman–Crippen LogP) is 12.8. The highest BCUT2D eigenvalue weighted by Gasteiger charge is 2.43. The van der Waals surface area contributed by atoms with E-state index in [9.17, 15) is 0 Å². The van der Waals surface area contributed by atoms with Crippen LogP contribution in [0.15, 0.2) is 121 Å². The number of anilines is 5. The van der Waals surface area contributed by atoms with Gasteiger partial charge in [-0.05, 0) is 127 Å². The Morgan fingerprint density at radius 1 is 0.818 bits per heavy atom. The van der Waals surface area contributed by atoms with E-state index in [1.165, 1.54) is 94.8 Å². The Hall–Kier alpha value is -6.70. The van der Waals surface area contributed by atoms with Crippen molar-refractivity contribution >= 4 is 68.0 Å². The Labute approximate surface area is 321 Å². The summed E-state index contributed by atoms with van der Waals surface area (Å²) in [6.07, 6.45) is 9.34. The van der Waals surface area contributed by atoms with Gasteiger partial charge in [-0.15, -0.1) is 0 Å². The molecule has 2 unspecified atom stereocenters. The van der Waals surface area contributed by atoms with E-state index in [-0.39, 0.29) is 6.04 Å². The molecule has 2 atom stereocenters. The molecule has 0 radical (unpaired) electrons. The van der Waals surface area contributed by atoms with E-state index >= 15 is 0 Å². The molecule has 262 valence electrons. The van der Waals surface area contributed by atoms with E-state index in [1.807, 2.05) is 6.07 Å². The minimum absolute atomic E-state index is 0.218. The molecule has 4 heterocycles. The molecule has 0 saturated heterocycles. The maximum Gasteiger partial charge on any atom is 0.0640 e. The average molecular weight is 707 g/mol. The molecule has 4 nitrogen and oxygen atoms in total. The van der Waals surface area contributed by atoms with E-state index in [1.54, 1.807) is 0 Å². The van der Waals surface area contributed by atoms with E-state index in [4.69, 9.17) is 0 Å². The van der Waals surface area contributed by atoms with Crippen molar-refractivity contribution in [3.63, 3.8) is 0 Å². The van der Waals surface area contributed by atoms with Gasteiger partial charge in [-0.3, -0.25) is 0 Å². The zero-order valence-corrected chi connectivity index (χ0v) is 31.1. The van der Waals surface area contributed by atoms with Crippen LogP contribution in [0.4, 0.5) is 28.4 Å². The number of hydrogen-bond donors (Lipinski definition) is 1. The number of fused-ring (bicyclic) bond motifs is 12. The highest BCUT2D eigenvalue weighted by atomic mass is 15.2. The van der Waals surface area contributed by atoms with Crippen LogP contribution in [-0.4, -0.2) is 9.13 Å². The summed E-state index contributed by atoms with van der Waals surface area (Å²) in [5.74, 6) is 0.327. The third-order valence-electron chi connectivity index (χ3n) is 12.9. The van der Waals surface area contributed by atoms with Gasteiger partial charge >= 0.3 is 0 Å². The summed E-state index contributed by atoms with van der Waals surface area (Å²) in [5.41, 5.74) is 23.5. The Morgan fingerprint density at radius 2 is 1.65 bits per heavy atom. The molecule has 2 aliphatic carbocycles. The summed E-state index contributed by atoms with van der Waals surface area (Å²) in [5, 5.41) is 6.37. The molecular weight excluding hydrogens is 669 g/mol. The molecule has 0 amide bonds. The van der Waals surface area contributed by atoms with Crippen molar-refractivity contribution in [1.29, 1.82) is 0 Å². The summed E-state index contributed by atoms with van der Waals surface area (Å²) in [7, 11) is 0. The van der Waals surface area contributed by atoms with Crippen LogP contribution in [0.1, 0.15) is 68.7 Å². The van der Waals surface area contributed by atoms with E-state index < -0.39 is 0 Å². The van der Waals surface area contributed by atoms with Crippen molar-refractivity contribution in [1.82, 2.24) is 9.13 Å². The molecule has 0 bridgehead atoms. The van der Waals surface area contributed by atoms with E-state index in [2.05, 4.69) is 180 Å². The second kappa shape index (κ2) is 11.2. The van der Waals surface area contributed by atoms with Crippen molar-refractivity contribution < 1.29 is 0 Å². The molecular formula is C51H38N4. The highest BCUT2D eigenvalue weighted by molar-refractivity contribution is 6.20. The minimum atomic E-state index is 0.218. The first-order valence-electron chi connectivity index (χ1n) is 19.5. The van der Waals surface area contributed by atoms with Crippen LogP contribution in [0.5, 0.6) is 0 Å². The number of hydrogen-bond acceptors (Lipinski definition) is 2. The number of allylic oxidation sites excluding steroid dienone is 2. The molecule has 55 heavy (non-hydrogen) atoms. The van der Waals surface area contributed by atoms with Gasteiger partial charge in [0.15, 0.2) is 0 Å². The number of nitrogens with one attached hydrogen (secondary N) is 1. The maximum atomic E-state index is 3.77. The van der Waals surface area contributed by atoms with Crippen LogP contribution >= 0.6 is 0 Å². The monoisotopic (exact) mass is 706 g/mol. The highest BCUT2D eigenvalue weighted by Crippen LogP contribution is 2.57. The van der Waals surface area contributed by atoms with Crippen molar-refractivity contribution in [2.75, 3.05) is 10.2 Å². The smallest absolute Gasteiger partial charge is 0.0640 e. The third-order valence-corrected chi connectivity index (χ3v) is 12.9. The molecule has 2 aliphatic heterocycles. The summed E-state index contributed by atoms with van der Waals surface area (Å²) in [4.78, 5) is 2.42. The third kappa shape index (κ3) is 4.13. The SMILES string of the molecule is Cc1cc(N(c2cc#ccc2)c2cccc3c2c2cccc4c2n3C2Cc3c5c6n(c3C=C42)-c2cccc(Nc3ccccc3)c2C6CC=C5)cc(C)c1C. The lowest BCUT2D eigenvalue weighted by atomic mass is 9.82. The lowest BCUT2D eigenvalue weighted by Crippen LogP contribution is -2.15. The molecule has 0 spiro atoms. The summed E-state index contributed by atoms with van der Waals surface area (Å²) in [6, 6.07) is 48.6. The van der Waals surface area contributed by atoms with Crippen molar-refractivity contribution in [2.24, 2.45) is 0 Å². The molecule has 12 rings (SSSR count). The fraction of sp³-hybridized carbons (Fsp3) is 0.137. The average Bonchev–Trinajstić information content (AvgIpc) is 3.94. The molecule has 8 aromatic rings. The van der Waals surface area contributed by atoms with Crippen LogP contribution in [0.25, 0.3) is 45.2 Å². The van der Waals surface area contributed by atoms with Crippen LogP contribution in [0, 0.1) is 32.9 Å². The molecule has 1 N–H and O–H groups in total. The van der Waals surface area contributed by atoms with Gasteiger partial charge in [0, 0.05) is 63.1 Å². The van der Waals surface area contributed by atoms with Crippen molar-refractivity contribution in [2.45, 2.75) is 45.6 Å². The topological polar surface area (TPSA) is 25.1 Å². The number of nitrogens with zero attached hydrogens (tertiary/aromatic N) is 3. The molecule has 6 aromatic carbocycles. The van der Waals surface area contributed by atoms with Gasteiger partial charge in [-0.1, -0.05) is 72.8 Å². The number of para-hydroxylation sites is 2. The fourth-order valence-corrected chi connectivity index (χ4v) is 10.4. The normalized spacial score (nSPS) is 16.7. The van der Waals surface area contributed by atoms with Gasteiger partial charge < -0.3 is 19.4 Å². The fourth-order valence-electron chi connectivity index (χ4n) is 10.4. The van der Waals surface area contributed by atoms with E-state index in [0.717, 1.165) is 29.9 Å². The molecule has 4 aliphatic rings. The van der Waals surface area contributed by atoms with Crippen LogP contribution < -0.4 is 10.2 Å². The Bertz CT molecular complexity index is 2970. The first-order valence-corrected chi connectivity index (χ1v) is 19.5. The first-order chi connectivity index (χ1) is 27.0. The molecule has 2 aromatic heterocycles. The zero-order valence-electron chi connectivity index (χ0n) is 31.1. The second-order valence-corrected chi connectivity index (χ2v) is 15.7. The molecule has 0 saturated carbocycles. The largest absolute Gasteiger partial charge is 0.355 e. The number of rotatable bonds is 5. The Kier molecular flexibility index (Phi) is 6.24. The summed E-state index contributed by atoms with van der Waals surface area (Å²) in [6.45, 7) is 6.66.